The zero-order valence-corrected chi connectivity index (χ0v) is 20.8. The Morgan fingerprint density at radius 1 is 0.629 bits per heavy atom. The summed E-state index contributed by atoms with van der Waals surface area (Å²) in [6, 6.07) is 8.77. The van der Waals surface area contributed by atoms with Crippen molar-refractivity contribution in [1.29, 1.82) is 0 Å². The lowest BCUT2D eigenvalue weighted by atomic mass is 10.1. The van der Waals surface area contributed by atoms with Crippen LogP contribution in [0.4, 0.5) is 0 Å². The van der Waals surface area contributed by atoms with Gasteiger partial charge in [-0.15, -0.1) is 0 Å². The average Bonchev–Trinajstić information content (AvgIpc) is 2.68. The van der Waals surface area contributed by atoms with Crippen molar-refractivity contribution in [3.63, 3.8) is 0 Å². The number of hydrogen-bond acceptors (Lipinski definition) is 10. The molecule has 12 nitrogen and oxygen atoms in total. The molecular weight excluding hydrogens is 484 g/mol. The van der Waals surface area contributed by atoms with Crippen molar-refractivity contribution in [2.45, 2.75) is 52.0 Å². The van der Waals surface area contributed by atoms with Crippen LogP contribution in [0.1, 0.15) is 51.0 Å². The van der Waals surface area contributed by atoms with Crippen molar-refractivity contribution >= 4 is 10.4 Å². The molecule has 0 heterocycles. The maximum Gasteiger partial charge on any atom is 0.394 e. The minimum absolute atomic E-state index is 0.0476. The van der Waals surface area contributed by atoms with E-state index in [-0.39, 0.29) is 35.1 Å². The molecule has 0 spiro atoms. The maximum atomic E-state index is 9.73. The first-order chi connectivity index (χ1) is 16.0. The van der Waals surface area contributed by atoms with E-state index in [0.717, 1.165) is 0 Å². The molecule has 2 aromatic carbocycles. The van der Waals surface area contributed by atoms with E-state index in [9.17, 15) is 30.6 Å². The lowest BCUT2D eigenvalue weighted by molar-refractivity contribution is 0.170. The van der Waals surface area contributed by atoms with Crippen LogP contribution in [0.25, 0.3) is 0 Å². The Labute approximate surface area is 205 Å². The molecule has 2 atom stereocenters. The van der Waals surface area contributed by atoms with Gasteiger partial charge in [0.25, 0.3) is 0 Å². The van der Waals surface area contributed by atoms with Crippen molar-refractivity contribution in [2.75, 3.05) is 13.1 Å². The third kappa shape index (κ3) is 17.4. The van der Waals surface area contributed by atoms with Gasteiger partial charge in [0.05, 0.1) is 12.2 Å². The van der Waals surface area contributed by atoms with Crippen LogP contribution in [0.5, 0.6) is 23.0 Å². The Morgan fingerprint density at radius 2 is 0.857 bits per heavy atom. The van der Waals surface area contributed by atoms with E-state index in [1.807, 2.05) is 27.7 Å². The minimum atomic E-state index is -4.67. The second-order valence-corrected chi connectivity index (χ2v) is 9.07. The number of benzene rings is 2. The van der Waals surface area contributed by atoms with Crippen LogP contribution in [0.15, 0.2) is 36.4 Å². The predicted octanol–water partition coefficient (Wildman–Crippen LogP) is 1.61. The quantitative estimate of drug-likeness (QED) is 0.224. The summed E-state index contributed by atoms with van der Waals surface area (Å²) >= 11 is 0. The Morgan fingerprint density at radius 3 is 1.06 bits per heavy atom. The second kappa shape index (κ2) is 15.4. The molecule has 0 fully saturated rings. The second-order valence-electron chi connectivity index (χ2n) is 8.17. The lowest BCUT2D eigenvalue weighted by Gasteiger charge is -2.14. The van der Waals surface area contributed by atoms with Gasteiger partial charge >= 0.3 is 10.4 Å². The molecule has 0 aliphatic rings. The van der Waals surface area contributed by atoms with Gasteiger partial charge in [-0.25, -0.2) is 0 Å². The first kappa shape index (κ1) is 32.4. The van der Waals surface area contributed by atoms with Crippen LogP contribution in [-0.4, -0.2) is 73.3 Å². The molecule has 35 heavy (non-hydrogen) atoms. The first-order valence-electron chi connectivity index (χ1n) is 10.6. The number of phenolic OH excluding ortho intramolecular Hbond substituents is 4. The number of nitrogens with one attached hydrogen (secondary N) is 2. The van der Waals surface area contributed by atoms with Gasteiger partial charge in [0.2, 0.25) is 0 Å². The SMILES string of the molecule is CC(C)NC[C@H](O)c1cc(O)cc(O)c1.CC(C)NC[C@H](O)c1cc(O)cc(O)c1.O=S(=O)(O)O. The highest BCUT2D eigenvalue weighted by atomic mass is 32.3. The molecule has 0 saturated heterocycles. The smallest absolute Gasteiger partial charge is 0.394 e. The van der Waals surface area contributed by atoms with Gasteiger partial charge in [0.1, 0.15) is 23.0 Å². The Hall–Kier alpha value is -2.65. The van der Waals surface area contributed by atoms with E-state index in [2.05, 4.69) is 10.6 Å². The van der Waals surface area contributed by atoms with Crippen molar-refractivity contribution in [3.05, 3.63) is 47.5 Å². The van der Waals surface area contributed by atoms with Gasteiger partial charge in [0.15, 0.2) is 0 Å². The molecule has 2 rings (SSSR count). The number of aromatic hydroxyl groups is 4. The maximum absolute atomic E-state index is 9.73. The normalized spacial score (nSPS) is 12.9. The third-order valence-corrected chi connectivity index (χ3v) is 4.06. The molecule has 10 N–H and O–H groups in total. The number of hydrogen-bond donors (Lipinski definition) is 10. The van der Waals surface area contributed by atoms with Gasteiger partial charge in [0, 0.05) is 37.3 Å². The molecule has 0 amide bonds. The summed E-state index contributed by atoms with van der Waals surface area (Å²) in [6.45, 7) is 8.69. The molecule has 200 valence electrons. The highest BCUT2D eigenvalue weighted by Crippen LogP contribution is 2.25. The van der Waals surface area contributed by atoms with E-state index in [4.69, 9.17) is 17.5 Å². The number of rotatable bonds is 8. The van der Waals surface area contributed by atoms with E-state index < -0.39 is 22.6 Å². The number of phenols is 4. The predicted molar refractivity (Wildman–Crippen MR) is 130 cm³/mol. The van der Waals surface area contributed by atoms with Gasteiger partial charge in [-0.2, -0.15) is 8.42 Å². The molecule has 0 aromatic heterocycles. The molecule has 0 unspecified atom stereocenters. The van der Waals surface area contributed by atoms with E-state index in [1.54, 1.807) is 0 Å². The molecule has 0 saturated carbocycles. The van der Waals surface area contributed by atoms with Crippen LogP contribution < -0.4 is 10.6 Å². The molecule has 0 aliphatic heterocycles. The molecule has 0 bridgehead atoms. The van der Waals surface area contributed by atoms with E-state index in [1.165, 1.54) is 36.4 Å². The van der Waals surface area contributed by atoms with Gasteiger partial charge in [-0.1, -0.05) is 27.7 Å². The first-order valence-corrected chi connectivity index (χ1v) is 12.0. The zero-order valence-electron chi connectivity index (χ0n) is 20.0. The molecule has 0 aliphatic carbocycles. The average molecular weight is 521 g/mol. The highest BCUT2D eigenvalue weighted by Gasteiger charge is 2.11. The summed E-state index contributed by atoms with van der Waals surface area (Å²) in [7, 11) is -4.67. The highest BCUT2D eigenvalue weighted by molar-refractivity contribution is 7.79. The summed E-state index contributed by atoms with van der Waals surface area (Å²) < 4.78 is 31.6. The number of aliphatic hydroxyl groups excluding tert-OH is 2. The van der Waals surface area contributed by atoms with Crippen molar-refractivity contribution in [1.82, 2.24) is 10.6 Å². The van der Waals surface area contributed by atoms with Crippen LogP contribution in [0, 0.1) is 0 Å². The summed E-state index contributed by atoms with van der Waals surface area (Å²) in [5.41, 5.74) is 1.00. The largest absolute Gasteiger partial charge is 0.508 e. The minimum Gasteiger partial charge on any atom is -0.508 e. The monoisotopic (exact) mass is 520 g/mol. The summed E-state index contributed by atoms with van der Waals surface area (Å²) in [5.74, 6) is -0.190. The van der Waals surface area contributed by atoms with Gasteiger partial charge in [-0.3, -0.25) is 9.11 Å². The Balaban J connectivity index is 0.000000555. The van der Waals surface area contributed by atoms with Crippen molar-refractivity contribution < 1.29 is 48.2 Å². The van der Waals surface area contributed by atoms with Crippen LogP contribution in [0.2, 0.25) is 0 Å². The fourth-order valence-electron chi connectivity index (χ4n) is 2.55. The van der Waals surface area contributed by atoms with E-state index >= 15 is 0 Å². The Bertz CT molecular complexity index is 886. The van der Waals surface area contributed by atoms with Crippen LogP contribution in [0.3, 0.4) is 0 Å². The standard InChI is InChI=1S/2C11H17NO3.H2O4S/c2*1-7(2)12-6-11(15)8-3-9(13)5-10(14)4-8;1-5(2,3)4/h2*3-5,7,11-15H,6H2,1-2H3;(H2,1,2,3,4)/t2*11-;/m00./s1. The summed E-state index contributed by atoms with van der Waals surface area (Å²) in [4.78, 5) is 0. The number of aliphatic hydroxyl groups is 2. The molecule has 0 radical (unpaired) electrons. The zero-order chi connectivity index (χ0) is 27.3. The van der Waals surface area contributed by atoms with Crippen molar-refractivity contribution in [2.24, 2.45) is 0 Å². The van der Waals surface area contributed by atoms with Crippen molar-refractivity contribution in [3.8, 4) is 23.0 Å². The molecular formula is C22H36N2O10S. The third-order valence-electron chi connectivity index (χ3n) is 4.06. The van der Waals surface area contributed by atoms with Crippen LogP contribution in [-0.2, 0) is 10.4 Å². The van der Waals surface area contributed by atoms with Crippen LogP contribution >= 0.6 is 0 Å². The Kier molecular flexibility index (Phi) is 14.2. The molecule has 13 heteroatoms. The van der Waals surface area contributed by atoms with Gasteiger partial charge in [-0.05, 0) is 35.4 Å². The summed E-state index contributed by atoms with van der Waals surface area (Å²) in [6.07, 6.45) is -1.46. The fourth-order valence-corrected chi connectivity index (χ4v) is 2.55. The fraction of sp³-hybridized carbons (Fsp3) is 0.455. The topological polar surface area (TPSA) is 220 Å². The molecule has 2 aromatic rings. The summed E-state index contributed by atoms with van der Waals surface area (Å²) in [5, 5.41) is 62.5. The lowest BCUT2D eigenvalue weighted by Crippen LogP contribution is -2.27. The van der Waals surface area contributed by atoms with E-state index in [0.29, 0.717) is 24.2 Å². The van der Waals surface area contributed by atoms with Gasteiger partial charge < -0.3 is 41.3 Å².